The number of fused-ring (bicyclic) bond motifs is 2. The minimum absolute atomic E-state index is 0.0112. The van der Waals surface area contributed by atoms with Gasteiger partial charge in [-0.05, 0) is 17.2 Å². The molecule has 0 saturated carbocycles. The zero-order chi connectivity index (χ0) is 18.3. The summed E-state index contributed by atoms with van der Waals surface area (Å²) < 4.78 is 0. The molecule has 1 N–H and O–H groups in total. The van der Waals surface area contributed by atoms with Crippen molar-refractivity contribution in [1.82, 2.24) is 9.80 Å². The molecule has 0 radical (unpaired) electrons. The van der Waals surface area contributed by atoms with Crippen LogP contribution in [0, 0.1) is 12.3 Å². The van der Waals surface area contributed by atoms with Gasteiger partial charge in [-0.2, -0.15) is 0 Å². The summed E-state index contributed by atoms with van der Waals surface area (Å²) in [6.07, 6.45) is 4.21. The summed E-state index contributed by atoms with van der Waals surface area (Å²) in [6.45, 7) is 0.319. The zero-order valence-corrected chi connectivity index (χ0v) is 14.1. The van der Waals surface area contributed by atoms with E-state index in [1.165, 1.54) is 4.90 Å². The average molecular weight is 346 g/mol. The molecule has 2 aromatic carbocycles. The van der Waals surface area contributed by atoms with Crippen molar-refractivity contribution in [3.8, 4) is 12.3 Å². The summed E-state index contributed by atoms with van der Waals surface area (Å²) in [6, 6.07) is 16.7. The van der Waals surface area contributed by atoms with Gasteiger partial charge in [-0.3, -0.25) is 9.59 Å². The molecule has 130 valence electrons. The summed E-state index contributed by atoms with van der Waals surface area (Å²) in [5, 5.41) is 11.1. The van der Waals surface area contributed by atoms with Gasteiger partial charge in [0.05, 0.1) is 13.0 Å². The molecule has 4 rings (SSSR count). The molecule has 2 amide bonds. The van der Waals surface area contributed by atoms with Crippen molar-refractivity contribution in [1.29, 1.82) is 0 Å². The number of aliphatic hydroxyl groups is 1. The van der Waals surface area contributed by atoms with Crippen molar-refractivity contribution in [3.05, 3.63) is 71.3 Å². The Hall–Kier alpha value is -3.10. The molecule has 0 aromatic heterocycles. The number of hydrogen-bond donors (Lipinski definition) is 1. The SMILES string of the molecule is C#CCN1C(=O)C[C@@]2(c3ccccc3C(=O)N2Cc2ccccc2)[C@H]1O. The fourth-order valence-electron chi connectivity index (χ4n) is 4.06. The van der Waals surface area contributed by atoms with Crippen molar-refractivity contribution < 1.29 is 14.7 Å². The van der Waals surface area contributed by atoms with E-state index in [2.05, 4.69) is 5.92 Å². The Morgan fingerprint density at radius 2 is 1.81 bits per heavy atom. The molecule has 0 bridgehead atoms. The molecule has 26 heavy (non-hydrogen) atoms. The lowest BCUT2D eigenvalue weighted by molar-refractivity contribution is -0.133. The van der Waals surface area contributed by atoms with Crippen LogP contribution in [0.25, 0.3) is 0 Å². The van der Waals surface area contributed by atoms with Crippen LogP contribution in [0.3, 0.4) is 0 Å². The van der Waals surface area contributed by atoms with E-state index in [-0.39, 0.29) is 24.8 Å². The Morgan fingerprint density at radius 3 is 2.54 bits per heavy atom. The molecule has 1 saturated heterocycles. The lowest BCUT2D eigenvalue weighted by Gasteiger charge is -2.38. The highest BCUT2D eigenvalue weighted by atomic mass is 16.3. The van der Waals surface area contributed by atoms with E-state index in [1.54, 1.807) is 17.0 Å². The minimum atomic E-state index is -1.18. The first-order chi connectivity index (χ1) is 12.6. The third-order valence-electron chi connectivity index (χ3n) is 5.26. The Bertz CT molecular complexity index is 918. The molecule has 2 atom stereocenters. The summed E-state index contributed by atoms with van der Waals surface area (Å²) >= 11 is 0. The number of rotatable bonds is 3. The normalized spacial score (nSPS) is 24.2. The molecular formula is C21H18N2O3. The van der Waals surface area contributed by atoms with E-state index >= 15 is 0 Å². The van der Waals surface area contributed by atoms with E-state index in [4.69, 9.17) is 6.42 Å². The first-order valence-corrected chi connectivity index (χ1v) is 8.46. The number of benzene rings is 2. The fourth-order valence-corrected chi connectivity index (χ4v) is 4.06. The largest absolute Gasteiger partial charge is 0.371 e. The number of likely N-dealkylation sites (tertiary alicyclic amines) is 1. The van der Waals surface area contributed by atoms with Crippen LogP contribution in [0.15, 0.2) is 54.6 Å². The molecule has 0 aliphatic carbocycles. The highest BCUT2D eigenvalue weighted by molar-refractivity contribution is 6.01. The van der Waals surface area contributed by atoms with Crippen molar-refractivity contribution in [3.63, 3.8) is 0 Å². The van der Waals surface area contributed by atoms with Gasteiger partial charge >= 0.3 is 0 Å². The smallest absolute Gasteiger partial charge is 0.255 e. The zero-order valence-electron chi connectivity index (χ0n) is 14.1. The molecule has 2 heterocycles. The van der Waals surface area contributed by atoms with Gasteiger partial charge in [0.25, 0.3) is 5.91 Å². The molecule has 0 unspecified atom stereocenters. The second-order valence-electron chi connectivity index (χ2n) is 6.62. The quantitative estimate of drug-likeness (QED) is 0.861. The van der Waals surface area contributed by atoms with Crippen molar-refractivity contribution >= 4 is 11.8 Å². The number of amides is 2. The van der Waals surface area contributed by atoms with Gasteiger partial charge in [-0.15, -0.1) is 6.42 Å². The van der Waals surface area contributed by atoms with Crippen LogP contribution in [-0.2, 0) is 16.9 Å². The maximum absolute atomic E-state index is 13.1. The second kappa shape index (κ2) is 6.01. The first-order valence-electron chi connectivity index (χ1n) is 8.46. The van der Waals surface area contributed by atoms with E-state index < -0.39 is 11.8 Å². The molecule has 2 aliphatic rings. The lowest BCUT2D eigenvalue weighted by atomic mass is 9.86. The average Bonchev–Trinajstić information content (AvgIpc) is 3.05. The van der Waals surface area contributed by atoms with Crippen LogP contribution in [0.2, 0.25) is 0 Å². The number of nitrogens with zero attached hydrogens (tertiary/aromatic N) is 2. The number of carbonyl (C=O) groups excluding carboxylic acids is 2. The number of aliphatic hydroxyl groups excluding tert-OH is 1. The first kappa shape index (κ1) is 16.4. The van der Waals surface area contributed by atoms with Crippen LogP contribution in [0.4, 0.5) is 0 Å². The second-order valence-corrected chi connectivity index (χ2v) is 6.62. The molecule has 5 heteroatoms. The van der Waals surface area contributed by atoms with Gasteiger partial charge in [0.2, 0.25) is 5.91 Å². The van der Waals surface area contributed by atoms with Gasteiger partial charge in [-0.25, -0.2) is 0 Å². The highest BCUT2D eigenvalue weighted by Crippen LogP contribution is 2.49. The van der Waals surface area contributed by atoms with E-state index in [0.29, 0.717) is 17.7 Å². The predicted molar refractivity (Wildman–Crippen MR) is 95.6 cm³/mol. The molecule has 1 spiro atoms. The molecule has 1 fully saturated rings. The van der Waals surface area contributed by atoms with Gasteiger partial charge < -0.3 is 14.9 Å². The van der Waals surface area contributed by atoms with Gasteiger partial charge in [0.1, 0.15) is 5.54 Å². The Morgan fingerprint density at radius 1 is 1.12 bits per heavy atom. The monoisotopic (exact) mass is 346 g/mol. The van der Waals surface area contributed by atoms with Crippen LogP contribution >= 0.6 is 0 Å². The van der Waals surface area contributed by atoms with Gasteiger partial charge in [-0.1, -0.05) is 54.5 Å². The predicted octanol–water partition coefficient (Wildman–Crippen LogP) is 1.72. The topological polar surface area (TPSA) is 60.9 Å². The molecule has 2 aromatic rings. The Balaban J connectivity index is 1.84. The number of terminal acetylenes is 1. The van der Waals surface area contributed by atoms with E-state index in [1.807, 2.05) is 42.5 Å². The lowest BCUT2D eigenvalue weighted by Crippen LogP contribution is -2.52. The third-order valence-corrected chi connectivity index (χ3v) is 5.26. The standard InChI is InChI=1S/C21H18N2O3/c1-2-12-22-18(24)13-21(20(22)26)17-11-7-6-10-16(17)19(25)23(21)14-15-8-4-3-5-9-15/h1,3-11,20,26H,12-14H2/t20-,21-/m1/s1. The summed E-state index contributed by atoms with van der Waals surface area (Å²) in [5.74, 6) is 1.98. The summed E-state index contributed by atoms with van der Waals surface area (Å²) in [7, 11) is 0. The minimum Gasteiger partial charge on any atom is -0.371 e. The molecule has 2 aliphatic heterocycles. The number of hydrogen-bond acceptors (Lipinski definition) is 3. The van der Waals surface area contributed by atoms with Gasteiger partial charge in [0.15, 0.2) is 6.23 Å². The van der Waals surface area contributed by atoms with Crippen molar-refractivity contribution in [2.24, 2.45) is 0 Å². The van der Waals surface area contributed by atoms with E-state index in [9.17, 15) is 14.7 Å². The molecular weight excluding hydrogens is 328 g/mol. The van der Waals surface area contributed by atoms with Crippen molar-refractivity contribution in [2.45, 2.75) is 24.7 Å². The Labute approximate surface area is 151 Å². The summed E-state index contributed by atoms with van der Waals surface area (Å²) in [4.78, 5) is 28.6. The number of carbonyl (C=O) groups is 2. The fraction of sp³-hybridized carbons (Fsp3) is 0.238. The van der Waals surface area contributed by atoms with Crippen LogP contribution in [0.1, 0.15) is 27.9 Å². The maximum atomic E-state index is 13.1. The third kappa shape index (κ3) is 2.16. The van der Waals surface area contributed by atoms with Gasteiger partial charge in [0, 0.05) is 12.1 Å². The maximum Gasteiger partial charge on any atom is 0.255 e. The highest BCUT2D eigenvalue weighted by Gasteiger charge is 2.61. The van der Waals surface area contributed by atoms with Crippen LogP contribution < -0.4 is 0 Å². The van der Waals surface area contributed by atoms with Crippen molar-refractivity contribution in [2.75, 3.05) is 6.54 Å². The molecule has 5 nitrogen and oxygen atoms in total. The van der Waals surface area contributed by atoms with E-state index in [0.717, 1.165) is 5.56 Å². The summed E-state index contributed by atoms with van der Waals surface area (Å²) in [5.41, 5.74) is 1.03. The van der Waals surface area contributed by atoms with Crippen LogP contribution in [0.5, 0.6) is 0 Å². The van der Waals surface area contributed by atoms with Crippen LogP contribution in [-0.4, -0.2) is 39.5 Å². The Kier molecular flexibility index (Phi) is 3.78.